The largest absolute Gasteiger partial charge is 0.310 e. The van der Waals surface area contributed by atoms with Crippen molar-refractivity contribution in [1.29, 1.82) is 0 Å². The van der Waals surface area contributed by atoms with E-state index in [2.05, 4.69) is 277 Å². The highest BCUT2D eigenvalue weighted by Crippen LogP contribution is 2.66. The minimum absolute atomic E-state index is 0.276. The lowest BCUT2D eigenvalue weighted by Gasteiger charge is -2.31. The first-order chi connectivity index (χ1) is 45.6. The van der Waals surface area contributed by atoms with E-state index in [1.54, 1.807) is 24.3 Å². The topological polar surface area (TPSA) is 6.48 Å². The zero-order valence-corrected chi connectivity index (χ0v) is 49.7. The molecule has 17 aromatic carbocycles. The molecule has 19 rings (SSSR count). The van der Waals surface area contributed by atoms with Crippen molar-refractivity contribution in [3.8, 4) is 89.0 Å². The van der Waals surface area contributed by atoms with Crippen molar-refractivity contribution in [3.63, 3.8) is 0 Å². The second-order valence-corrected chi connectivity index (χ2v) is 24.3. The van der Waals surface area contributed by atoms with Crippen LogP contribution in [0.5, 0.6) is 0 Å². The number of benzene rings is 17. The molecule has 0 saturated heterocycles. The SMILES string of the molecule is Fc1ccc(-c2c3c(c(-c4ccccc4)c4ccccc24)-c2cc(N(c4ccccc4)c4ccccc4)c4c5ccc6c7c(cc(N(c8ccccc8)c8ccccc8)c(c8ccc-3c2c84)c75)-c2c-6c(-c3ccccc3)c3ccccc3c2-c2ccc(F)cc2)cc1. The fourth-order valence-electron chi connectivity index (χ4n) is 16.0. The second-order valence-electron chi connectivity index (χ2n) is 24.3. The maximum absolute atomic E-state index is 15.4. The Hall–Kier alpha value is -12.0. The Morgan fingerprint density at radius 2 is 0.446 bits per heavy atom. The maximum Gasteiger partial charge on any atom is 0.123 e. The normalized spacial score (nSPS) is 12.0. The zero-order valence-electron chi connectivity index (χ0n) is 49.7. The summed E-state index contributed by atoms with van der Waals surface area (Å²) in [7, 11) is 0. The number of halogens is 2. The Morgan fingerprint density at radius 3 is 0.750 bits per heavy atom. The Balaban J connectivity index is 1.07. The van der Waals surface area contributed by atoms with E-state index in [-0.39, 0.29) is 11.6 Å². The Morgan fingerprint density at radius 1 is 0.185 bits per heavy atom. The smallest absolute Gasteiger partial charge is 0.123 e. The van der Waals surface area contributed by atoms with Gasteiger partial charge in [0.05, 0.1) is 11.4 Å². The lowest BCUT2D eigenvalue weighted by molar-refractivity contribution is 0.627. The molecule has 0 radical (unpaired) electrons. The number of nitrogens with zero attached hydrogens (tertiary/aromatic N) is 2. The van der Waals surface area contributed by atoms with Crippen LogP contribution in [0.2, 0.25) is 0 Å². The first-order valence-corrected chi connectivity index (χ1v) is 31.5. The molecular weight excluding hydrogens is 1120 g/mol. The third-order valence-electron chi connectivity index (χ3n) is 19.5. The molecule has 0 aromatic heterocycles. The third-order valence-corrected chi connectivity index (χ3v) is 19.5. The summed E-state index contributed by atoms with van der Waals surface area (Å²) in [6.07, 6.45) is 0. The summed E-state index contributed by atoms with van der Waals surface area (Å²) in [5.74, 6) is -0.554. The molecule has 0 spiro atoms. The minimum Gasteiger partial charge on any atom is -0.310 e. The quantitative estimate of drug-likeness (QED) is 0.0995. The molecule has 0 N–H and O–H groups in total. The van der Waals surface area contributed by atoms with Crippen LogP contribution in [-0.2, 0) is 0 Å². The van der Waals surface area contributed by atoms with E-state index in [4.69, 9.17) is 0 Å². The van der Waals surface area contributed by atoms with Crippen LogP contribution in [0.4, 0.5) is 42.9 Å². The molecule has 2 aliphatic rings. The van der Waals surface area contributed by atoms with Crippen LogP contribution in [0, 0.1) is 11.6 Å². The van der Waals surface area contributed by atoms with Gasteiger partial charge in [-0.25, -0.2) is 8.78 Å². The van der Waals surface area contributed by atoms with Gasteiger partial charge in [0.2, 0.25) is 0 Å². The summed E-state index contributed by atoms with van der Waals surface area (Å²) in [5.41, 5.74) is 23.8. The number of anilines is 6. The van der Waals surface area contributed by atoms with Crippen LogP contribution < -0.4 is 9.80 Å². The van der Waals surface area contributed by atoms with E-state index < -0.39 is 0 Å². The van der Waals surface area contributed by atoms with E-state index in [1.807, 2.05) is 24.3 Å². The van der Waals surface area contributed by atoms with Gasteiger partial charge in [0.1, 0.15) is 11.6 Å². The average Bonchev–Trinajstić information content (AvgIpc) is 1.44. The Labute approximate surface area is 530 Å². The summed E-state index contributed by atoms with van der Waals surface area (Å²) in [4.78, 5) is 4.94. The van der Waals surface area contributed by atoms with Gasteiger partial charge in [-0.05, 0) is 217 Å². The summed E-state index contributed by atoms with van der Waals surface area (Å²) in [5, 5.41) is 13.6. The number of hydrogen-bond acceptors (Lipinski definition) is 2. The lowest BCUT2D eigenvalue weighted by Crippen LogP contribution is -2.12. The number of hydrogen-bond donors (Lipinski definition) is 0. The zero-order chi connectivity index (χ0) is 60.7. The van der Waals surface area contributed by atoms with Gasteiger partial charge in [0.25, 0.3) is 0 Å². The van der Waals surface area contributed by atoms with Crippen LogP contribution in [-0.4, -0.2) is 0 Å². The van der Waals surface area contributed by atoms with Gasteiger partial charge in [-0.3, -0.25) is 0 Å². The van der Waals surface area contributed by atoms with Crippen molar-refractivity contribution in [1.82, 2.24) is 0 Å². The minimum atomic E-state index is -0.278. The van der Waals surface area contributed by atoms with Gasteiger partial charge in [0.15, 0.2) is 0 Å². The van der Waals surface area contributed by atoms with Gasteiger partial charge in [0, 0.05) is 44.3 Å². The lowest BCUT2D eigenvalue weighted by atomic mass is 9.82. The van der Waals surface area contributed by atoms with Crippen molar-refractivity contribution in [2.45, 2.75) is 0 Å². The molecule has 92 heavy (non-hydrogen) atoms. The van der Waals surface area contributed by atoms with Crippen molar-refractivity contribution < 1.29 is 8.78 Å². The van der Waals surface area contributed by atoms with Crippen molar-refractivity contribution in [2.75, 3.05) is 9.80 Å². The molecule has 428 valence electrons. The molecule has 0 aliphatic heterocycles. The summed E-state index contributed by atoms with van der Waals surface area (Å²) in [6, 6.07) is 111. The van der Waals surface area contributed by atoms with E-state index >= 15 is 8.78 Å². The molecule has 2 nitrogen and oxygen atoms in total. The standard InChI is InChI=1S/C88H52F2N2/c89-57-43-39-55(40-44-57)77-65-37-21-20-36-64(65)76(54-25-9-2-10-26-54)87-71-51-73(91(59-27-11-3-12-28-59)60-29-13-4-14-30-60)81-69-49-47-67-79-72(88-78(56-41-45-58(90)46-42-56)66-38-22-19-35-63(66)75(83(67)88)53-23-7-1-8-24-53)52-74(92(61-31-15-5-16-32-61)62-33-17-6-18-34-62)82(85(69)79)70-50-48-68(84(77)87)80(71)86(70)81/h1-52H. The van der Waals surface area contributed by atoms with Crippen molar-refractivity contribution in [3.05, 3.63) is 327 Å². The molecular formula is C88H52F2N2. The molecule has 0 heterocycles. The van der Waals surface area contributed by atoms with Crippen LogP contribution in [0.3, 0.4) is 0 Å². The Bertz CT molecular complexity index is 5730. The predicted octanol–water partition coefficient (Wildman–Crippen LogP) is 25.2. The molecule has 0 fully saturated rings. The molecule has 4 heteroatoms. The van der Waals surface area contributed by atoms with Gasteiger partial charge < -0.3 is 9.80 Å². The van der Waals surface area contributed by atoms with Gasteiger partial charge in [-0.1, -0.05) is 231 Å². The van der Waals surface area contributed by atoms with E-state index in [0.717, 1.165) is 177 Å². The highest BCUT2D eigenvalue weighted by Gasteiger charge is 2.39. The molecule has 0 atom stereocenters. The first-order valence-electron chi connectivity index (χ1n) is 31.5. The molecule has 0 bridgehead atoms. The third kappa shape index (κ3) is 7.52. The molecule has 2 aliphatic carbocycles. The van der Waals surface area contributed by atoms with Crippen molar-refractivity contribution >= 4 is 98.8 Å². The number of rotatable bonds is 10. The summed E-state index contributed by atoms with van der Waals surface area (Å²) in [6.45, 7) is 0. The van der Waals surface area contributed by atoms with Crippen LogP contribution >= 0.6 is 0 Å². The van der Waals surface area contributed by atoms with Crippen LogP contribution in [0.25, 0.3) is 154 Å². The Kier molecular flexibility index (Phi) is 11.5. The van der Waals surface area contributed by atoms with Gasteiger partial charge in [-0.2, -0.15) is 0 Å². The second kappa shape index (κ2) is 20.3. The molecule has 17 aromatic rings. The van der Waals surface area contributed by atoms with Crippen molar-refractivity contribution in [2.24, 2.45) is 0 Å². The van der Waals surface area contributed by atoms with Gasteiger partial charge >= 0.3 is 0 Å². The monoisotopic (exact) mass is 1170 g/mol. The maximum atomic E-state index is 15.4. The van der Waals surface area contributed by atoms with Gasteiger partial charge in [-0.15, -0.1) is 0 Å². The molecule has 0 saturated carbocycles. The summed E-state index contributed by atoms with van der Waals surface area (Å²) < 4.78 is 30.7. The highest BCUT2D eigenvalue weighted by atomic mass is 19.1. The fourth-order valence-corrected chi connectivity index (χ4v) is 16.0. The average molecular weight is 1180 g/mol. The summed E-state index contributed by atoms with van der Waals surface area (Å²) >= 11 is 0. The molecule has 0 unspecified atom stereocenters. The van der Waals surface area contributed by atoms with E-state index in [0.29, 0.717) is 0 Å². The van der Waals surface area contributed by atoms with E-state index in [9.17, 15) is 0 Å². The molecule has 0 amide bonds. The fraction of sp³-hybridized carbons (Fsp3) is 0. The van der Waals surface area contributed by atoms with Crippen LogP contribution in [0.15, 0.2) is 315 Å². The number of para-hydroxylation sites is 4. The predicted molar refractivity (Wildman–Crippen MR) is 383 cm³/mol. The van der Waals surface area contributed by atoms with E-state index in [1.165, 1.54) is 10.8 Å². The number of fused-ring (bicyclic) bond motifs is 10. The highest BCUT2D eigenvalue weighted by molar-refractivity contribution is 6.46. The van der Waals surface area contributed by atoms with Crippen LogP contribution in [0.1, 0.15) is 0 Å². The first kappa shape index (κ1) is 52.0.